The normalized spacial score (nSPS) is 12.2. The number of anilines is 1. The third-order valence-corrected chi connectivity index (χ3v) is 3.40. The second-order valence-electron chi connectivity index (χ2n) is 4.06. The monoisotopic (exact) mass is 272 g/mol. The van der Waals surface area contributed by atoms with Crippen molar-refractivity contribution < 1.29 is 13.4 Å². The van der Waals surface area contributed by atoms with Crippen molar-refractivity contribution in [1.82, 2.24) is 5.32 Å². The fourth-order valence-electron chi connectivity index (χ4n) is 1.41. The summed E-state index contributed by atoms with van der Waals surface area (Å²) in [5.74, 6) is -0.331. The molecule has 4 nitrogen and oxygen atoms in total. The molecule has 0 spiro atoms. The first-order chi connectivity index (χ1) is 8.41. The van der Waals surface area contributed by atoms with E-state index in [1.165, 1.54) is 12.1 Å². The molecule has 0 aliphatic heterocycles. The van der Waals surface area contributed by atoms with Crippen molar-refractivity contribution in [2.45, 2.75) is 13.3 Å². The van der Waals surface area contributed by atoms with E-state index in [9.17, 15) is 13.4 Å². The highest BCUT2D eigenvalue weighted by Crippen LogP contribution is 2.17. The van der Waals surface area contributed by atoms with Gasteiger partial charge in [0.1, 0.15) is 5.82 Å². The van der Waals surface area contributed by atoms with E-state index in [-0.39, 0.29) is 17.2 Å². The molecule has 3 N–H and O–H groups in total. The first kappa shape index (κ1) is 14.6. The average Bonchev–Trinajstić information content (AvgIpc) is 2.30. The van der Waals surface area contributed by atoms with Crippen molar-refractivity contribution >= 4 is 22.4 Å². The maximum Gasteiger partial charge on any atom is 0.251 e. The van der Waals surface area contributed by atoms with Gasteiger partial charge < -0.3 is 11.1 Å². The SMILES string of the molecule is Cc1c(N)cc(C(=O)NCCCS(C)=O)cc1F. The molecule has 100 valence electrons. The van der Waals surface area contributed by atoms with Gasteiger partial charge in [0.25, 0.3) is 5.91 Å². The third-order valence-electron chi connectivity index (χ3n) is 2.54. The Bertz CT molecular complexity index is 454. The first-order valence-electron chi connectivity index (χ1n) is 5.55. The molecule has 1 amide bonds. The number of amides is 1. The number of nitrogen functional groups attached to an aromatic ring is 1. The summed E-state index contributed by atoms with van der Waals surface area (Å²) in [6.45, 7) is 1.97. The predicted octanol–water partition coefficient (Wildman–Crippen LogP) is 1.21. The van der Waals surface area contributed by atoms with Gasteiger partial charge in [0, 0.05) is 46.2 Å². The van der Waals surface area contributed by atoms with Crippen molar-refractivity contribution in [1.29, 1.82) is 0 Å². The standard InChI is InChI=1S/C12H17FN2O2S/c1-8-10(13)6-9(7-11(8)14)12(16)15-4-3-5-18(2)17/h6-7H,3-5,14H2,1-2H3,(H,15,16). The van der Waals surface area contributed by atoms with Gasteiger partial charge in [-0.05, 0) is 25.5 Å². The number of rotatable bonds is 5. The lowest BCUT2D eigenvalue weighted by molar-refractivity contribution is 0.0953. The van der Waals surface area contributed by atoms with E-state index in [0.29, 0.717) is 24.3 Å². The highest BCUT2D eigenvalue weighted by atomic mass is 32.2. The molecule has 1 aromatic carbocycles. The van der Waals surface area contributed by atoms with Gasteiger partial charge in [0.05, 0.1) is 0 Å². The van der Waals surface area contributed by atoms with Gasteiger partial charge in [-0.15, -0.1) is 0 Å². The van der Waals surface area contributed by atoms with Crippen LogP contribution in [0.1, 0.15) is 22.3 Å². The Morgan fingerprint density at radius 3 is 2.72 bits per heavy atom. The van der Waals surface area contributed by atoms with Crippen molar-refractivity contribution in [3.63, 3.8) is 0 Å². The third kappa shape index (κ3) is 4.10. The highest BCUT2D eigenvalue weighted by Gasteiger charge is 2.10. The van der Waals surface area contributed by atoms with Crippen molar-refractivity contribution in [3.05, 3.63) is 29.1 Å². The van der Waals surface area contributed by atoms with E-state index in [1.807, 2.05) is 0 Å². The molecule has 1 unspecified atom stereocenters. The van der Waals surface area contributed by atoms with Gasteiger partial charge in [0.2, 0.25) is 0 Å². The molecule has 18 heavy (non-hydrogen) atoms. The zero-order valence-electron chi connectivity index (χ0n) is 10.5. The Balaban J connectivity index is 2.59. The number of carbonyl (C=O) groups excluding carboxylic acids is 1. The van der Waals surface area contributed by atoms with Crippen LogP contribution in [0.3, 0.4) is 0 Å². The van der Waals surface area contributed by atoms with Crippen LogP contribution in [0.4, 0.5) is 10.1 Å². The lowest BCUT2D eigenvalue weighted by atomic mass is 10.1. The van der Waals surface area contributed by atoms with Crippen LogP contribution in [0.5, 0.6) is 0 Å². The Labute approximate surface area is 108 Å². The van der Waals surface area contributed by atoms with Gasteiger partial charge >= 0.3 is 0 Å². The molecule has 0 bridgehead atoms. The molecule has 0 saturated carbocycles. The summed E-state index contributed by atoms with van der Waals surface area (Å²) < 4.78 is 24.2. The van der Waals surface area contributed by atoms with Crippen LogP contribution in [-0.2, 0) is 10.8 Å². The zero-order chi connectivity index (χ0) is 13.7. The maximum atomic E-state index is 13.4. The smallest absolute Gasteiger partial charge is 0.251 e. The number of hydrogen-bond donors (Lipinski definition) is 2. The van der Waals surface area contributed by atoms with Crippen LogP contribution < -0.4 is 11.1 Å². The molecule has 0 heterocycles. The topological polar surface area (TPSA) is 72.2 Å². The van der Waals surface area contributed by atoms with E-state index >= 15 is 0 Å². The molecule has 0 saturated heterocycles. The van der Waals surface area contributed by atoms with Crippen LogP contribution in [0.25, 0.3) is 0 Å². The van der Waals surface area contributed by atoms with E-state index in [0.717, 1.165) is 0 Å². The predicted molar refractivity (Wildman–Crippen MR) is 71.4 cm³/mol. The zero-order valence-corrected chi connectivity index (χ0v) is 11.3. The summed E-state index contributed by atoms with van der Waals surface area (Å²) in [5.41, 5.74) is 6.40. The Morgan fingerprint density at radius 1 is 1.50 bits per heavy atom. The van der Waals surface area contributed by atoms with Crippen molar-refractivity contribution in [2.75, 3.05) is 24.3 Å². The number of nitrogens with two attached hydrogens (primary N) is 1. The van der Waals surface area contributed by atoms with Crippen LogP contribution in [0.2, 0.25) is 0 Å². The Morgan fingerprint density at radius 2 is 2.17 bits per heavy atom. The molecule has 0 aliphatic carbocycles. The van der Waals surface area contributed by atoms with E-state index < -0.39 is 16.6 Å². The summed E-state index contributed by atoms with van der Waals surface area (Å²) >= 11 is 0. The summed E-state index contributed by atoms with van der Waals surface area (Å²) in [7, 11) is -0.866. The van der Waals surface area contributed by atoms with Crippen LogP contribution in [0.15, 0.2) is 12.1 Å². The maximum absolute atomic E-state index is 13.4. The molecule has 0 fully saturated rings. The van der Waals surface area contributed by atoms with Gasteiger partial charge in [-0.25, -0.2) is 4.39 Å². The van der Waals surface area contributed by atoms with Crippen LogP contribution in [0, 0.1) is 12.7 Å². The minimum absolute atomic E-state index is 0.202. The summed E-state index contributed by atoms with van der Waals surface area (Å²) in [6, 6.07) is 2.62. The number of nitrogens with one attached hydrogen (secondary N) is 1. The molecule has 6 heteroatoms. The van der Waals surface area contributed by atoms with Gasteiger partial charge in [-0.1, -0.05) is 0 Å². The van der Waals surface area contributed by atoms with Gasteiger partial charge in [0.15, 0.2) is 0 Å². The molecule has 0 aliphatic rings. The Hall–Kier alpha value is -1.43. The second-order valence-corrected chi connectivity index (χ2v) is 5.61. The van der Waals surface area contributed by atoms with Crippen LogP contribution in [-0.4, -0.2) is 28.7 Å². The molecule has 0 radical (unpaired) electrons. The number of carbonyl (C=O) groups is 1. The largest absolute Gasteiger partial charge is 0.398 e. The fourth-order valence-corrected chi connectivity index (χ4v) is 1.96. The Kier molecular flexibility index (Phi) is 5.27. The number of benzene rings is 1. The molecular formula is C12H17FN2O2S. The van der Waals surface area contributed by atoms with E-state index in [1.54, 1.807) is 13.2 Å². The molecule has 1 rings (SSSR count). The van der Waals surface area contributed by atoms with E-state index in [4.69, 9.17) is 5.73 Å². The molecule has 0 aromatic heterocycles. The lowest BCUT2D eigenvalue weighted by Crippen LogP contribution is -2.25. The van der Waals surface area contributed by atoms with Crippen molar-refractivity contribution in [3.8, 4) is 0 Å². The van der Waals surface area contributed by atoms with E-state index in [2.05, 4.69) is 5.32 Å². The molecule has 1 atom stereocenters. The van der Waals surface area contributed by atoms with Crippen LogP contribution >= 0.6 is 0 Å². The quantitative estimate of drug-likeness (QED) is 0.625. The summed E-state index contributed by atoms with van der Waals surface area (Å²) in [5, 5.41) is 2.63. The molecular weight excluding hydrogens is 255 g/mol. The lowest BCUT2D eigenvalue weighted by Gasteiger charge is -2.07. The minimum atomic E-state index is -0.866. The second kappa shape index (κ2) is 6.49. The number of hydrogen-bond acceptors (Lipinski definition) is 3. The van der Waals surface area contributed by atoms with Crippen molar-refractivity contribution in [2.24, 2.45) is 0 Å². The molecule has 1 aromatic rings. The minimum Gasteiger partial charge on any atom is -0.398 e. The fraction of sp³-hybridized carbons (Fsp3) is 0.417. The summed E-state index contributed by atoms with van der Waals surface area (Å²) in [4.78, 5) is 11.7. The summed E-state index contributed by atoms with van der Waals surface area (Å²) in [6.07, 6.45) is 2.23. The highest BCUT2D eigenvalue weighted by molar-refractivity contribution is 7.84. The number of halogens is 1. The average molecular weight is 272 g/mol. The van der Waals surface area contributed by atoms with Gasteiger partial charge in [-0.2, -0.15) is 0 Å². The van der Waals surface area contributed by atoms with Gasteiger partial charge in [-0.3, -0.25) is 9.00 Å². The first-order valence-corrected chi connectivity index (χ1v) is 7.28.